The number of fused-ring (bicyclic) bond motifs is 2. The Morgan fingerprint density at radius 1 is 1.44 bits per heavy atom. The first-order valence-corrected chi connectivity index (χ1v) is 3.86. The summed E-state index contributed by atoms with van der Waals surface area (Å²) in [4.78, 5) is 0. The van der Waals surface area contributed by atoms with Crippen molar-refractivity contribution in [3.8, 4) is 0 Å². The lowest BCUT2D eigenvalue weighted by atomic mass is 9.90. The van der Waals surface area contributed by atoms with E-state index < -0.39 is 0 Å². The second-order valence-electron chi connectivity index (χ2n) is 3.37. The number of hydrogen-bond acceptors (Lipinski definition) is 1. The van der Waals surface area contributed by atoms with E-state index in [2.05, 4.69) is 6.42 Å². The van der Waals surface area contributed by atoms with Crippen LogP contribution in [0.5, 0.6) is 0 Å². The van der Waals surface area contributed by atoms with Gasteiger partial charge in [0.25, 0.3) is 0 Å². The molecule has 2 bridgehead atoms. The minimum Gasteiger partial charge on any atom is -0.396 e. The predicted octanol–water partition coefficient (Wildman–Crippen LogP) is 1.23. The molecular formula is C8H13O. The van der Waals surface area contributed by atoms with E-state index in [0.29, 0.717) is 12.5 Å². The fraction of sp³-hybridized carbons (Fsp3) is 0.875. The summed E-state index contributed by atoms with van der Waals surface area (Å²) in [7, 11) is 0. The van der Waals surface area contributed by atoms with Gasteiger partial charge in [-0.2, -0.15) is 0 Å². The van der Waals surface area contributed by atoms with Gasteiger partial charge in [-0.3, -0.25) is 0 Å². The van der Waals surface area contributed by atoms with Crippen LogP contribution in [0.2, 0.25) is 0 Å². The fourth-order valence-electron chi connectivity index (χ4n) is 2.33. The van der Waals surface area contributed by atoms with Crippen LogP contribution in [-0.4, -0.2) is 11.7 Å². The molecule has 0 aromatic carbocycles. The van der Waals surface area contributed by atoms with Crippen LogP contribution in [0.25, 0.3) is 0 Å². The minimum absolute atomic E-state index is 0.390. The number of rotatable bonds is 1. The summed E-state index contributed by atoms with van der Waals surface area (Å²) in [5, 5.41) is 8.86. The Morgan fingerprint density at radius 3 is 2.67 bits per heavy atom. The summed E-state index contributed by atoms with van der Waals surface area (Å²) in [6, 6.07) is 0. The molecule has 2 aliphatic rings. The Labute approximate surface area is 56.1 Å². The molecular weight excluding hydrogens is 112 g/mol. The third-order valence-corrected chi connectivity index (χ3v) is 2.85. The summed E-state index contributed by atoms with van der Waals surface area (Å²) >= 11 is 0. The molecule has 3 atom stereocenters. The highest BCUT2D eigenvalue weighted by atomic mass is 16.3. The van der Waals surface area contributed by atoms with Crippen molar-refractivity contribution in [1.29, 1.82) is 0 Å². The van der Waals surface area contributed by atoms with Crippen molar-refractivity contribution in [2.24, 2.45) is 17.8 Å². The highest BCUT2D eigenvalue weighted by Crippen LogP contribution is 2.47. The number of aliphatic hydroxyl groups excluding tert-OH is 1. The highest BCUT2D eigenvalue weighted by molar-refractivity contribution is 5.01. The average molecular weight is 125 g/mol. The molecule has 2 fully saturated rings. The van der Waals surface area contributed by atoms with Crippen LogP contribution in [0, 0.1) is 24.2 Å². The molecule has 0 heterocycles. The van der Waals surface area contributed by atoms with Crippen molar-refractivity contribution in [3.63, 3.8) is 0 Å². The van der Waals surface area contributed by atoms with Crippen molar-refractivity contribution in [1.82, 2.24) is 0 Å². The summed E-state index contributed by atoms with van der Waals surface area (Å²) in [6.07, 6.45) is 6.48. The highest BCUT2D eigenvalue weighted by Gasteiger charge is 2.38. The number of hydrogen-bond donors (Lipinski definition) is 1. The lowest BCUT2D eigenvalue weighted by Gasteiger charge is -2.17. The van der Waals surface area contributed by atoms with E-state index in [1.165, 1.54) is 19.3 Å². The van der Waals surface area contributed by atoms with Gasteiger partial charge in [0.1, 0.15) is 0 Å². The zero-order valence-corrected chi connectivity index (χ0v) is 5.59. The topological polar surface area (TPSA) is 20.2 Å². The fourth-order valence-corrected chi connectivity index (χ4v) is 2.33. The second kappa shape index (κ2) is 1.98. The van der Waals surface area contributed by atoms with Gasteiger partial charge >= 0.3 is 0 Å². The molecule has 0 saturated heterocycles. The molecule has 9 heavy (non-hydrogen) atoms. The van der Waals surface area contributed by atoms with Crippen LogP contribution >= 0.6 is 0 Å². The van der Waals surface area contributed by atoms with Gasteiger partial charge in [-0.05, 0) is 43.4 Å². The monoisotopic (exact) mass is 125 g/mol. The Balaban J connectivity index is 2.01. The molecule has 2 aliphatic carbocycles. The van der Waals surface area contributed by atoms with Crippen LogP contribution < -0.4 is 0 Å². The molecule has 1 radical (unpaired) electrons. The maximum atomic E-state index is 8.86. The molecule has 1 N–H and O–H groups in total. The predicted molar refractivity (Wildman–Crippen MR) is 35.7 cm³/mol. The van der Waals surface area contributed by atoms with Gasteiger partial charge in [0.15, 0.2) is 0 Å². The Bertz CT molecular complexity index is 111. The maximum Gasteiger partial charge on any atom is 0.0464 e. The van der Waals surface area contributed by atoms with Crippen molar-refractivity contribution in [2.75, 3.05) is 6.61 Å². The van der Waals surface area contributed by atoms with Crippen LogP contribution in [-0.2, 0) is 0 Å². The summed E-state index contributed by atoms with van der Waals surface area (Å²) in [5.41, 5.74) is 0. The van der Waals surface area contributed by atoms with Gasteiger partial charge in [-0.25, -0.2) is 0 Å². The standard InChI is InChI=1S/C8H13O/c9-5-8-4-6-1-2-7(8)3-6/h4,6-9H,1-3,5H2/t6?,7-,8+/m0/s1. The van der Waals surface area contributed by atoms with Crippen LogP contribution in [0.1, 0.15) is 19.3 Å². The molecule has 1 heteroatoms. The van der Waals surface area contributed by atoms with E-state index in [9.17, 15) is 0 Å². The summed E-state index contributed by atoms with van der Waals surface area (Å²) < 4.78 is 0. The Kier molecular flexibility index (Phi) is 1.26. The third-order valence-electron chi connectivity index (χ3n) is 2.85. The van der Waals surface area contributed by atoms with Gasteiger partial charge in [0, 0.05) is 6.61 Å². The molecule has 1 nitrogen and oxygen atoms in total. The molecule has 51 valence electrons. The number of aliphatic hydroxyl groups is 1. The average Bonchev–Trinajstić information content (AvgIpc) is 2.45. The second-order valence-corrected chi connectivity index (χ2v) is 3.37. The van der Waals surface area contributed by atoms with Crippen LogP contribution in [0.4, 0.5) is 0 Å². The first-order valence-electron chi connectivity index (χ1n) is 3.86. The lowest BCUT2D eigenvalue weighted by Crippen LogP contribution is -2.14. The summed E-state index contributed by atoms with van der Waals surface area (Å²) in [5.74, 6) is 2.27. The Morgan fingerprint density at radius 2 is 2.33 bits per heavy atom. The van der Waals surface area contributed by atoms with Gasteiger partial charge < -0.3 is 5.11 Å². The molecule has 0 amide bonds. The first kappa shape index (κ1) is 5.72. The lowest BCUT2D eigenvalue weighted by molar-refractivity contribution is 0.205. The first-order chi connectivity index (χ1) is 4.40. The van der Waals surface area contributed by atoms with Crippen LogP contribution in [0.15, 0.2) is 0 Å². The quantitative estimate of drug-likeness (QED) is 0.559. The largest absolute Gasteiger partial charge is 0.396 e. The molecule has 0 aromatic heterocycles. The van der Waals surface area contributed by atoms with Gasteiger partial charge in [0.2, 0.25) is 0 Å². The van der Waals surface area contributed by atoms with Crippen molar-refractivity contribution >= 4 is 0 Å². The maximum absolute atomic E-state index is 8.86. The molecule has 2 rings (SSSR count). The van der Waals surface area contributed by atoms with E-state index >= 15 is 0 Å². The SMILES string of the molecule is OC[C@H]1[CH]C2CC[C@H]1C2. The molecule has 0 aromatic rings. The van der Waals surface area contributed by atoms with Crippen molar-refractivity contribution < 1.29 is 5.11 Å². The van der Waals surface area contributed by atoms with E-state index in [1.54, 1.807) is 0 Å². The van der Waals surface area contributed by atoms with Crippen LogP contribution in [0.3, 0.4) is 0 Å². The molecule has 0 spiro atoms. The molecule has 0 aliphatic heterocycles. The van der Waals surface area contributed by atoms with E-state index in [4.69, 9.17) is 5.11 Å². The Hall–Kier alpha value is -0.0400. The van der Waals surface area contributed by atoms with Gasteiger partial charge in [-0.1, -0.05) is 0 Å². The van der Waals surface area contributed by atoms with Crippen molar-refractivity contribution in [3.05, 3.63) is 6.42 Å². The normalized spacial score (nSPS) is 48.3. The summed E-state index contributed by atoms with van der Waals surface area (Å²) in [6.45, 7) is 0.390. The van der Waals surface area contributed by atoms with E-state index in [1.807, 2.05) is 0 Å². The van der Waals surface area contributed by atoms with Gasteiger partial charge in [0.05, 0.1) is 0 Å². The molecule has 2 saturated carbocycles. The van der Waals surface area contributed by atoms with Gasteiger partial charge in [-0.15, -0.1) is 0 Å². The van der Waals surface area contributed by atoms with E-state index in [-0.39, 0.29) is 0 Å². The van der Waals surface area contributed by atoms with Crippen molar-refractivity contribution in [2.45, 2.75) is 19.3 Å². The minimum atomic E-state index is 0.390. The zero-order valence-electron chi connectivity index (χ0n) is 5.59. The molecule has 1 unspecified atom stereocenters. The smallest absolute Gasteiger partial charge is 0.0464 e. The van der Waals surface area contributed by atoms with E-state index in [0.717, 1.165) is 11.8 Å². The third kappa shape index (κ3) is 0.787. The zero-order chi connectivity index (χ0) is 6.27.